The molecule has 1 aromatic heterocycles. The summed E-state index contributed by atoms with van der Waals surface area (Å²) in [5.74, 6) is -1.08. The molecule has 0 amide bonds. The first-order chi connectivity index (χ1) is 9.58. The van der Waals surface area contributed by atoms with Crippen molar-refractivity contribution in [3.63, 3.8) is 0 Å². The molecular weight excluding hydrogens is 262 g/mol. The number of halogens is 2. The van der Waals surface area contributed by atoms with Crippen LogP contribution in [-0.4, -0.2) is 12.1 Å². The van der Waals surface area contributed by atoms with Crippen LogP contribution in [0.4, 0.5) is 8.78 Å². The van der Waals surface area contributed by atoms with Crippen LogP contribution in [0.3, 0.4) is 0 Å². The van der Waals surface area contributed by atoms with E-state index < -0.39 is 11.6 Å². The van der Waals surface area contributed by atoms with Gasteiger partial charge in [0.2, 0.25) is 5.88 Å². The molecular formula is C15H12F2N2O. The molecule has 0 bridgehead atoms. The third-order valence-corrected chi connectivity index (χ3v) is 2.89. The smallest absolute Gasteiger partial charge is 0.216 e. The van der Waals surface area contributed by atoms with Crippen molar-refractivity contribution in [2.45, 2.75) is 13.3 Å². The van der Waals surface area contributed by atoms with E-state index in [0.29, 0.717) is 12.3 Å². The van der Waals surface area contributed by atoms with Crippen molar-refractivity contribution < 1.29 is 13.5 Å². The fourth-order valence-corrected chi connectivity index (χ4v) is 1.96. The molecule has 1 aromatic carbocycles. The van der Waals surface area contributed by atoms with Crippen molar-refractivity contribution in [2.24, 2.45) is 0 Å². The summed E-state index contributed by atoms with van der Waals surface area (Å²) in [4.78, 5) is 4.21. The summed E-state index contributed by atoms with van der Waals surface area (Å²) in [6.07, 6.45) is 0.642. The molecule has 20 heavy (non-hydrogen) atoms. The average Bonchev–Trinajstić information content (AvgIpc) is 2.44. The summed E-state index contributed by atoms with van der Waals surface area (Å²) < 4.78 is 31.7. The van der Waals surface area contributed by atoms with E-state index in [1.165, 1.54) is 7.11 Å². The lowest BCUT2D eigenvalue weighted by molar-refractivity contribution is 0.393. The van der Waals surface area contributed by atoms with E-state index in [-0.39, 0.29) is 16.8 Å². The van der Waals surface area contributed by atoms with Gasteiger partial charge in [-0.25, -0.2) is 13.8 Å². The van der Waals surface area contributed by atoms with Gasteiger partial charge in [-0.3, -0.25) is 0 Å². The molecule has 3 nitrogen and oxygen atoms in total. The van der Waals surface area contributed by atoms with Crippen LogP contribution in [0.1, 0.15) is 18.1 Å². The Bertz CT molecular complexity index is 673. The Balaban J connectivity index is 2.69. The van der Waals surface area contributed by atoms with Crippen molar-refractivity contribution in [1.82, 2.24) is 4.98 Å². The van der Waals surface area contributed by atoms with E-state index in [9.17, 15) is 14.0 Å². The van der Waals surface area contributed by atoms with E-state index in [2.05, 4.69) is 4.98 Å². The van der Waals surface area contributed by atoms with Crippen LogP contribution < -0.4 is 4.74 Å². The van der Waals surface area contributed by atoms with Crippen LogP contribution in [-0.2, 0) is 6.42 Å². The molecule has 1 heterocycles. The predicted octanol–water partition coefficient (Wildman–Crippen LogP) is 3.47. The molecule has 0 aliphatic carbocycles. The summed E-state index contributed by atoms with van der Waals surface area (Å²) in [7, 11) is 1.46. The summed E-state index contributed by atoms with van der Waals surface area (Å²) in [6, 6.07) is 6.67. The normalized spacial score (nSPS) is 10.2. The van der Waals surface area contributed by atoms with Crippen LogP contribution >= 0.6 is 0 Å². The highest BCUT2D eigenvalue weighted by atomic mass is 19.1. The zero-order valence-electron chi connectivity index (χ0n) is 11.1. The number of pyridine rings is 1. The Hall–Kier alpha value is -2.48. The summed E-state index contributed by atoms with van der Waals surface area (Å²) in [6.45, 7) is 1.90. The van der Waals surface area contributed by atoms with Gasteiger partial charge < -0.3 is 4.74 Å². The molecule has 102 valence electrons. The van der Waals surface area contributed by atoms with Gasteiger partial charge in [-0.15, -0.1) is 0 Å². The molecule has 2 rings (SSSR count). The zero-order valence-corrected chi connectivity index (χ0v) is 11.1. The van der Waals surface area contributed by atoms with Gasteiger partial charge in [-0.05, 0) is 24.6 Å². The number of aromatic nitrogens is 1. The minimum Gasteiger partial charge on any atom is -0.481 e. The SMILES string of the molecule is CCc1cc(C#N)c(-c2cc(F)cc(F)c2)nc1OC. The van der Waals surface area contributed by atoms with E-state index in [1.54, 1.807) is 6.07 Å². The van der Waals surface area contributed by atoms with Gasteiger partial charge in [0.05, 0.1) is 18.4 Å². The summed E-state index contributed by atoms with van der Waals surface area (Å²) >= 11 is 0. The Morgan fingerprint density at radius 3 is 2.35 bits per heavy atom. The van der Waals surface area contributed by atoms with Crippen molar-refractivity contribution in [2.75, 3.05) is 7.11 Å². The molecule has 0 spiro atoms. The lowest BCUT2D eigenvalue weighted by Gasteiger charge is -2.10. The number of hydrogen-bond donors (Lipinski definition) is 0. The molecule has 0 fully saturated rings. The maximum absolute atomic E-state index is 13.3. The lowest BCUT2D eigenvalue weighted by Crippen LogP contribution is -1.99. The number of rotatable bonds is 3. The standard InChI is InChI=1S/C15H12F2N2O/c1-3-9-4-11(8-18)14(19-15(9)20-2)10-5-12(16)7-13(17)6-10/h4-7H,3H2,1-2H3. The lowest BCUT2D eigenvalue weighted by atomic mass is 10.0. The van der Waals surface area contributed by atoms with Crippen molar-refractivity contribution in [1.29, 1.82) is 5.26 Å². The van der Waals surface area contributed by atoms with E-state index in [4.69, 9.17) is 4.74 Å². The molecule has 0 saturated carbocycles. The molecule has 2 aromatic rings. The van der Waals surface area contributed by atoms with Crippen LogP contribution in [0.15, 0.2) is 24.3 Å². The molecule has 0 saturated heterocycles. The average molecular weight is 274 g/mol. The summed E-state index contributed by atoms with van der Waals surface area (Å²) in [5, 5.41) is 9.18. The van der Waals surface area contributed by atoms with Gasteiger partial charge in [0.25, 0.3) is 0 Å². The topological polar surface area (TPSA) is 45.9 Å². The molecule has 5 heteroatoms. The quantitative estimate of drug-likeness (QED) is 0.861. The monoisotopic (exact) mass is 274 g/mol. The Morgan fingerprint density at radius 2 is 1.85 bits per heavy atom. The van der Waals surface area contributed by atoms with Gasteiger partial charge in [-0.2, -0.15) is 5.26 Å². The first-order valence-corrected chi connectivity index (χ1v) is 6.03. The van der Waals surface area contributed by atoms with E-state index in [0.717, 1.165) is 23.8 Å². The van der Waals surface area contributed by atoms with Gasteiger partial charge in [0.1, 0.15) is 17.7 Å². The maximum Gasteiger partial charge on any atom is 0.216 e. The van der Waals surface area contributed by atoms with Gasteiger partial charge >= 0.3 is 0 Å². The summed E-state index contributed by atoms with van der Waals surface area (Å²) in [5.41, 5.74) is 1.44. The number of methoxy groups -OCH3 is 1. The Labute approximate surface area is 115 Å². The minimum absolute atomic E-state index is 0.208. The maximum atomic E-state index is 13.3. The van der Waals surface area contributed by atoms with Crippen molar-refractivity contribution in [3.8, 4) is 23.2 Å². The fourth-order valence-electron chi connectivity index (χ4n) is 1.96. The van der Waals surface area contributed by atoms with Gasteiger partial charge in [0.15, 0.2) is 0 Å². The highest BCUT2D eigenvalue weighted by molar-refractivity contribution is 5.68. The van der Waals surface area contributed by atoms with Gasteiger partial charge in [-0.1, -0.05) is 6.92 Å². The van der Waals surface area contributed by atoms with Crippen molar-refractivity contribution >= 4 is 0 Å². The number of benzene rings is 1. The fraction of sp³-hybridized carbons (Fsp3) is 0.200. The molecule has 0 N–H and O–H groups in total. The van der Waals surface area contributed by atoms with Crippen LogP contribution in [0.25, 0.3) is 11.3 Å². The third-order valence-electron chi connectivity index (χ3n) is 2.89. The zero-order chi connectivity index (χ0) is 14.7. The number of hydrogen-bond acceptors (Lipinski definition) is 3. The van der Waals surface area contributed by atoms with Crippen molar-refractivity contribution in [3.05, 3.63) is 47.0 Å². The van der Waals surface area contributed by atoms with Crippen LogP contribution in [0.5, 0.6) is 5.88 Å². The molecule has 0 radical (unpaired) electrons. The van der Waals surface area contributed by atoms with Gasteiger partial charge in [0, 0.05) is 17.2 Å². The second kappa shape index (κ2) is 5.66. The molecule has 0 aliphatic heterocycles. The largest absolute Gasteiger partial charge is 0.481 e. The minimum atomic E-state index is -0.718. The third kappa shape index (κ3) is 2.59. The Morgan fingerprint density at radius 1 is 1.20 bits per heavy atom. The first-order valence-electron chi connectivity index (χ1n) is 6.03. The number of aryl methyl sites for hydroxylation is 1. The number of ether oxygens (including phenoxy) is 1. The Kier molecular flexibility index (Phi) is 3.94. The van der Waals surface area contributed by atoms with E-state index in [1.807, 2.05) is 13.0 Å². The molecule has 0 aliphatic rings. The second-order valence-corrected chi connectivity index (χ2v) is 4.18. The van der Waals surface area contributed by atoms with Crippen LogP contribution in [0.2, 0.25) is 0 Å². The van der Waals surface area contributed by atoms with Crippen LogP contribution in [0, 0.1) is 23.0 Å². The number of nitriles is 1. The predicted molar refractivity (Wildman–Crippen MR) is 70.2 cm³/mol. The molecule has 0 unspecified atom stereocenters. The highest BCUT2D eigenvalue weighted by Gasteiger charge is 2.14. The number of nitrogens with zero attached hydrogens (tertiary/aromatic N) is 2. The second-order valence-electron chi connectivity index (χ2n) is 4.18. The first kappa shape index (κ1) is 13.9. The molecule has 0 atom stereocenters. The van der Waals surface area contributed by atoms with E-state index >= 15 is 0 Å². The highest BCUT2D eigenvalue weighted by Crippen LogP contribution is 2.28.